The summed E-state index contributed by atoms with van der Waals surface area (Å²) in [6.45, 7) is 24.9. The summed E-state index contributed by atoms with van der Waals surface area (Å²) in [5.74, 6) is -10.7. The van der Waals surface area contributed by atoms with Crippen molar-refractivity contribution in [3.63, 3.8) is 0 Å². The molecule has 13 aromatic carbocycles. The highest BCUT2D eigenvalue weighted by molar-refractivity contribution is 7.97. The summed E-state index contributed by atoms with van der Waals surface area (Å²) in [6, 6.07) is 118. The smallest absolute Gasteiger partial charge is 0.338 e. The molecule has 0 spiro atoms. The van der Waals surface area contributed by atoms with E-state index in [2.05, 4.69) is 279 Å². The molecule has 1 unspecified atom stereocenters. The molecule has 14 rings (SSSR count). The van der Waals surface area contributed by atoms with Crippen LogP contribution in [0.4, 0.5) is 13.2 Å². The van der Waals surface area contributed by atoms with E-state index < -0.39 is 126 Å². The van der Waals surface area contributed by atoms with Crippen molar-refractivity contribution in [2.24, 2.45) is 0 Å². The summed E-state index contributed by atoms with van der Waals surface area (Å²) >= 11 is 0. The Kier molecular flexibility index (Phi) is 42.8. The number of halogens is 3. The SMILES string of the molecule is CC(C)(C)c1cc(C(=O)OCCS(=O)(=O)[O-])cc(C(C)(C)C)c1.CC(C)(C)c1cc(C(=O)OCCS(=O)(=O)[O-])cc(C(C)(C)C)c1.Cc1ccc([S+](c2ccccc2)c2ccccc2)cc1.O=C(OCCC(F)(F)CS(=O)(=O)[O-])c1ccccc1.O=C(OCCC(F)CS(=O)(=O)[O-])c1ccccc1.c1ccc(-[s+]2c3ccccc3c3ccccc32)cc1.c1ccc([S+](c2ccccc2)c2ccccc2)cc1. The number of benzene rings is 13. The maximum absolute atomic E-state index is 13.0. The molecule has 20 nitrogen and oxygen atoms in total. The zero-order valence-electron chi connectivity index (χ0n) is 80.8. The molecule has 746 valence electrons. The first-order chi connectivity index (χ1) is 66.2. The van der Waals surface area contributed by atoms with Gasteiger partial charge in [0.15, 0.2) is 43.7 Å². The molecule has 0 N–H and O–H groups in total. The molecule has 0 fully saturated rings. The number of ether oxygens (including phenoxy) is 4. The Morgan fingerprint density at radius 1 is 0.319 bits per heavy atom. The van der Waals surface area contributed by atoms with Gasteiger partial charge in [0.25, 0.3) is 5.92 Å². The van der Waals surface area contributed by atoms with E-state index in [1.165, 1.54) is 84.3 Å². The monoisotopic (exact) mass is 2050 g/mol. The molecule has 30 heteroatoms. The fourth-order valence-electron chi connectivity index (χ4n) is 13.3. The molecule has 0 aliphatic carbocycles. The van der Waals surface area contributed by atoms with Gasteiger partial charge in [-0.1, -0.05) is 283 Å². The third kappa shape index (κ3) is 39.8. The number of thiophene rings is 1. The van der Waals surface area contributed by atoms with Gasteiger partial charge in [-0.25, -0.2) is 66.0 Å². The number of fused-ring (bicyclic) bond motifs is 3. The molecular weight excluding hydrogens is 1930 g/mol. The number of rotatable bonds is 27. The molecule has 1 heterocycles. The minimum absolute atomic E-state index is 0.0146. The Bertz CT molecular complexity index is 6460. The molecule has 0 amide bonds. The van der Waals surface area contributed by atoms with Crippen LogP contribution in [0.25, 0.3) is 25.1 Å². The van der Waals surface area contributed by atoms with E-state index in [0.29, 0.717) is 16.7 Å². The number of carbonyl (C=O) groups excluding carboxylic acids is 4. The van der Waals surface area contributed by atoms with Crippen LogP contribution in [-0.4, -0.2) is 137 Å². The summed E-state index contributed by atoms with van der Waals surface area (Å²) in [5.41, 5.74) is 5.96. The van der Waals surface area contributed by atoms with Crippen molar-refractivity contribution in [1.82, 2.24) is 0 Å². The highest BCUT2D eigenvalue weighted by atomic mass is 32.2. The maximum atomic E-state index is 13.0. The average Bonchev–Trinajstić information content (AvgIpc) is 1.60. The van der Waals surface area contributed by atoms with E-state index >= 15 is 0 Å². The Morgan fingerprint density at radius 2 is 0.582 bits per heavy atom. The van der Waals surface area contributed by atoms with Gasteiger partial charge in [0.2, 0.25) is 0 Å². The van der Waals surface area contributed by atoms with E-state index in [4.69, 9.17) is 14.2 Å². The summed E-state index contributed by atoms with van der Waals surface area (Å²) in [4.78, 5) is 56.7. The first kappa shape index (κ1) is 114. The van der Waals surface area contributed by atoms with Crippen LogP contribution in [0, 0.1) is 6.92 Å². The minimum atomic E-state index is -5.03. The van der Waals surface area contributed by atoms with Crippen LogP contribution in [0.2, 0.25) is 0 Å². The summed E-state index contributed by atoms with van der Waals surface area (Å²) in [7, 11) is -18.4. The molecule has 141 heavy (non-hydrogen) atoms. The van der Waals surface area contributed by atoms with Crippen molar-refractivity contribution in [2.75, 3.05) is 49.4 Å². The second kappa shape index (κ2) is 52.7. The Balaban J connectivity index is 0.000000202. The van der Waals surface area contributed by atoms with Crippen molar-refractivity contribution in [3.05, 3.63) is 402 Å². The molecule has 14 aromatic rings. The molecular formula is C111H118F3O20S7-. The van der Waals surface area contributed by atoms with E-state index in [9.17, 15) is 84.2 Å². The van der Waals surface area contributed by atoms with Crippen LogP contribution in [0.5, 0.6) is 0 Å². The van der Waals surface area contributed by atoms with Gasteiger partial charge in [0.1, 0.15) is 35.3 Å². The van der Waals surface area contributed by atoms with Gasteiger partial charge in [0, 0.05) is 34.1 Å². The summed E-state index contributed by atoms with van der Waals surface area (Å²) < 4.78 is 186. The van der Waals surface area contributed by atoms with E-state index in [1.807, 2.05) is 83.1 Å². The molecule has 1 atom stereocenters. The highest BCUT2D eigenvalue weighted by Gasteiger charge is 2.34. The van der Waals surface area contributed by atoms with Crippen LogP contribution in [-0.2, 0) is 103 Å². The second-order valence-corrected chi connectivity index (χ2v) is 48.3. The van der Waals surface area contributed by atoms with Crippen molar-refractivity contribution in [1.29, 1.82) is 0 Å². The van der Waals surface area contributed by atoms with Crippen LogP contribution < -0.4 is 0 Å². The fraction of sp³-hybridized carbons (Fsp3) is 0.261. The Hall–Kier alpha value is -11.9. The number of esters is 4. The second-order valence-electron chi connectivity index (χ2n) is 36.4. The Morgan fingerprint density at radius 3 is 0.872 bits per heavy atom. The number of alkyl halides is 3. The lowest BCUT2D eigenvalue weighted by molar-refractivity contribution is -0.00923. The zero-order chi connectivity index (χ0) is 104. The summed E-state index contributed by atoms with van der Waals surface area (Å²) in [5, 5.41) is 2.79. The van der Waals surface area contributed by atoms with Gasteiger partial charge in [-0.2, -0.15) is 0 Å². The molecule has 0 saturated carbocycles. The molecule has 0 aliphatic rings. The number of carbonyl (C=O) groups is 4. The first-order valence-corrected chi connectivity index (χ1v) is 54.9. The van der Waals surface area contributed by atoms with E-state index in [0.717, 1.165) is 22.3 Å². The van der Waals surface area contributed by atoms with Gasteiger partial charge in [-0.05, 0) is 209 Å². The third-order valence-corrected chi connectivity index (χ3v) is 30.4. The van der Waals surface area contributed by atoms with E-state index in [1.54, 1.807) is 60.7 Å². The van der Waals surface area contributed by atoms with Crippen molar-refractivity contribution in [2.45, 2.75) is 166 Å². The number of aryl methyl sites for hydroxylation is 1. The van der Waals surface area contributed by atoms with Gasteiger partial charge in [-0.3, -0.25) is 0 Å². The lowest BCUT2D eigenvalue weighted by atomic mass is 9.79. The highest BCUT2D eigenvalue weighted by Crippen LogP contribution is 2.48. The predicted molar refractivity (Wildman–Crippen MR) is 552 cm³/mol. The van der Waals surface area contributed by atoms with Crippen LogP contribution in [0.3, 0.4) is 0 Å². The normalized spacial score (nSPS) is 12.0. The Labute approximate surface area is 835 Å². The van der Waals surface area contributed by atoms with Gasteiger partial charge in [0.05, 0.1) is 105 Å². The van der Waals surface area contributed by atoms with E-state index in [-0.39, 0.29) is 72.5 Å². The lowest BCUT2D eigenvalue weighted by Crippen LogP contribution is -2.29. The predicted octanol–water partition coefficient (Wildman–Crippen LogP) is 24.1. The van der Waals surface area contributed by atoms with Crippen LogP contribution in [0.1, 0.15) is 165 Å². The standard InChI is InChI=1S/C19H17S.C18H13S.C18H15S.2C17H26O5S.C11H12F2O5S.C11H13FO5S/c1-16-12-14-19(15-13-16)20(17-8-4-2-5-9-17)18-10-6-3-7-11-18;1-2-8-14(9-3-1)19-17-12-6-4-10-15(17)16-11-5-7-13-18(16)19;1-4-10-16(11-5-1)19(17-12-6-2-7-13-17)18-14-8-3-9-15-18;2*1-16(2,3)13-9-12(10-14(11-13)17(4,5)6)15(18)22-7-8-23(19,20)21;12-11(13,8-19(15,16)17)6-7-18-10(14)9-4-2-1-3-5-9;12-10(8-18(14,15)16)6-7-17-11(13)9-4-2-1-3-5-9/h2-15H,1H3;1-13H;1-15H;2*9-11H,7-8H2,1-6H3,(H,19,20,21);1-5H,6-8H2,(H,15,16,17);1-5,10H,6-8H2,(H,14,15,16)/q3*+1;;;;/p-4. The quantitative estimate of drug-likeness (QED) is 0.0200. The molecule has 0 bridgehead atoms. The number of hydrogen-bond donors (Lipinski definition) is 0. The lowest BCUT2D eigenvalue weighted by Gasteiger charge is -2.26. The van der Waals surface area contributed by atoms with Crippen molar-refractivity contribution in [3.8, 4) is 4.90 Å². The molecule has 0 saturated heterocycles. The average molecular weight is 2050 g/mol. The minimum Gasteiger partial charge on any atom is -0.748 e. The van der Waals surface area contributed by atoms with Gasteiger partial charge >= 0.3 is 23.9 Å². The topological polar surface area (TPSA) is 334 Å². The molecule has 1 aromatic heterocycles. The maximum Gasteiger partial charge on any atom is 0.338 e. The zero-order valence-corrected chi connectivity index (χ0v) is 86.5. The number of hydrogen-bond acceptors (Lipinski definition) is 20. The van der Waals surface area contributed by atoms with Crippen LogP contribution >= 0.6 is 10.5 Å². The van der Waals surface area contributed by atoms with Gasteiger partial charge in [-0.15, -0.1) is 0 Å². The molecule has 0 radical (unpaired) electrons. The summed E-state index contributed by atoms with van der Waals surface area (Å²) in [6.07, 6.45) is -3.16. The van der Waals surface area contributed by atoms with Crippen molar-refractivity contribution < 1.29 is 103 Å². The largest absolute Gasteiger partial charge is 0.748 e. The van der Waals surface area contributed by atoms with Crippen molar-refractivity contribution >= 4 is 117 Å². The fourth-order valence-corrected chi connectivity index (χ4v) is 21.8. The molecule has 0 aliphatic heterocycles. The third-order valence-electron chi connectivity index (χ3n) is 20.7. The van der Waals surface area contributed by atoms with Crippen LogP contribution in [0.15, 0.2) is 381 Å². The first-order valence-electron chi connectivity index (χ1n) is 44.9. The van der Waals surface area contributed by atoms with Gasteiger partial charge < -0.3 is 37.2 Å².